The van der Waals surface area contributed by atoms with Crippen LogP contribution in [0.3, 0.4) is 0 Å². The molecule has 0 bridgehead atoms. The maximum Gasteiger partial charge on any atom is 0.339 e. The molecule has 1 unspecified atom stereocenters. The van der Waals surface area contributed by atoms with Crippen LogP contribution < -0.4 is 4.74 Å². The number of carbonyl (C=O) groups is 1. The molecule has 108 valence electrons. The van der Waals surface area contributed by atoms with Crippen LogP contribution in [0.15, 0.2) is 24.3 Å². The number of para-hydroxylation sites is 1. The van der Waals surface area contributed by atoms with Crippen LogP contribution in [0.2, 0.25) is 0 Å². The van der Waals surface area contributed by atoms with Crippen LogP contribution in [0.1, 0.15) is 24.2 Å². The highest BCUT2D eigenvalue weighted by molar-refractivity contribution is 5.90. The van der Waals surface area contributed by atoms with Gasteiger partial charge in [-0.05, 0) is 25.6 Å². The Labute approximate surface area is 119 Å². The van der Waals surface area contributed by atoms with Gasteiger partial charge in [0.2, 0.25) is 0 Å². The Kier molecular flexibility index (Phi) is 6.54. The molecule has 0 fully saturated rings. The number of carboxylic acids is 1. The van der Waals surface area contributed by atoms with Crippen molar-refractivity contribution in [1.82, 2.24) is 4.90 Å². The van der Waals surface area contributed by atoms with Crippen LogP contribution in [0.25, 0.3) is 0 Å². The lowest BCUT2D eigenvalue weighted by molar-refractivity contribution is 0.0691. The number of ether oxygens (including phenoxy) is 1. The van der Waals surface area contributed by atoms with E-state index in [4.69, 9.17) is 15.1 Å². The van der Waals surface area contributed by atoms with Crippen molar-refractivity contribution < 1.29 is 14.6 Å². The van der Waals surface area contributed by atoms with E-state index in [1.807, 2.05) is 13.8 Å². The standard InChI is InChI=1S/C15H20N2O3/c1-3-17(11-12(2)10-16)8-9-20-14-7-5-4-6-13(14)15(18)19/h4-7,12H,3,8-9,11H2,1-2H3,(H,18,19). The average molecular weight is 276 g/mol. The van der Waals surface area contributed by atoms with Crippen molar-refractivity contribution in [2.45, 2.75) is 13.8 Å². The van der Waals surface area contributed by atoms with Crippen LogP contribution in [-0.2, 0) is 0 Å². The molecule has 0 saturated carbocycles. The summed E-state index contributed by atoms with van der Waals surface area (Å²) < 4.78 is 5.54. The van der Waals surface area contributed by atoms with E-state index >= 15 is 0 Å². The molecule has 0 aliphatic heterocycles. The largest absolute Gasteiger partial charge is 0.491 e. The number of hydrogen-bond acceptors (Lipinski definition) is 4. The fraction of sp³-hybridized carbons (Fsp3) is 0.467. The van der Waals surface area contributed by atoms with E-state index in [2.05, 4.69) is 11.0 Å². The summed E-state index contributed by atoms with van der Waals surface area (Å²) in [7, 11) is 0. The summed E-state index contributed by atoms with van der Waals surface area (Å²) in [6.45, 7) is 6.48. The molecule has 1 N–H and O–H groups in total. The lowest BCUT2D eigenvalue weighted by atomic mass is 10.2. The molecule has 1 aromatic carbocycles. The number of nitrogens with zero attached hydrogens (tertiary/aromatic N) is 2. The second kappa shape index (κ2) is 8.18. The van der Waals surface area contributed by atoms with Crippen LogP contribution >= 0.6 is 0 Å². The van der Waals surface area contributed by atoms with E-state index in [1.54, 1.807) is 18.2 Å². The lowest BCUT2D eigenvalue weighted by Gasteiger charge is -2.21. The van der Waals surface area contributed by atoms with Gasteiger partial charge in [0.15, 0.2) is 0 Å². The molecule has 0 heterocycles. The molecule has 0 aliphatic carbocycles. The van der Waals surface area contributed by atoms with E-state index in [1.165, 1.54) is 6.07 Å². The maximum atomic E-state index is 11.0. The fourth-order valence-electron chi connectivity index (χ4n) is 1.86. The number of nitriles is 1. The Morgan fingerprint density at radius 2 is 2.20 bits per heavy atom. The summed E-state index contributed by atoms with van der Waals surface area (Å²) in [5.41, 5.74) is 0.168. The van der Waals surface area contributed by atoms with Gasteiger partial charge in [-0.15, -0.1) is 0 Å². The van der Waals surface area contributed by atoms with Gasteiger partial charge in [-0.1, -0.05) is 19.1 Å². The number of aromatic carboxylic acids is 1. The number of carboxylic acid groups (broad SMARTS) is 1. The highest BCUT2D eigenvalue weighted by atomic mass is 16.5. The summed E-state index contributed by atoms with van der Waals surface area (Å²) >= 11 is 0. The topological polar surface area (TPSA) is 73.6 Å². The van der Waals surface area contributed by atoms with Gasteiger partial charge in [0.05, 0.1) is 12.0 Å². The second-order valence-electron chi connectivity index (χ2n) is 4.57. The Bertz CT molecular complexity index is 482. The van der Waals surface area contributed by atoms with Gasteiger partial charge in [0.25, 0.3) is 0 Å². The number of hydrogen-bond donors (Lipinski definition) is 1. The Morgan fingerprint density at radius 1 is 1.50 bits per heavy atom. The minimum atomic E-state index is -0.994. The Balaban J connectivity index is 2.51. The Hall–Kier alpha value is -2.06. The van der Waals surface area contributed by atoms with Crippen molar-refractivity contribution in [2.24, 2.45) is 5.92 Å². The van der Waals surface area contributed by atoms with Crippen molar-refractivity contribution in [3.63, 3.8) is 0 Å². The normalized spacial score (nSPS) is 11.9. The first kappa shape index (κ1) is 16.0. The molecule has 1 atom stereocenters. The van der Waals surface area contributed by atoms with E-state index < -0.39 is 5.97 Å². The van der Waals surface area contributed by atoms with Crippen molar-refractivity contribution in [3.05, 3.63) is 29.8 Å². The molecule has 5 nitrogen and oxygen atoms in total. The second-order valence-corrected chi connectivity index (χ2v) is 4.57. The number of rotatable bonds is 8. The van der Waals surface area contributed by atoms with Crippen molar-refractivity contribution in [2.75, 3.05) is 26.2 Å². The number of benzene rings is 1. The third-order valence-electron chi connectivity index (χ3n) is 2.98. The zero-order valence-electron chi connectivity index (χ0n) is 11.9. The van der Waals surface area contributed by atoms with Gasteiger partial charge >= 0.3 is 5.97 Å². The van der Waals surface area contributed by atoms with Gasteiger partial charge in [0, 0.05) is 13.1 Å². The van der Waals surface area contributed by atoms with Crippen LogP contribution in [0, 0.1) is 17.2 Å². The summed E-state index contributed by atoms with van der Waals surface area (Å²) in [4.78, 5) is 13.1. The van der Waals surface area contributed by atoms with Gasteiger partial charge in [-0.3, -0.25) is 4.90 Å². The predicted octanol–water partition coefficient (Wildman–Crippen LogP) is 2.25. The first-order valence-electron chi connectivity index (χ1n) is 6.65. The van der Waals surface area contributed by atoms with E-state index in [9.17, 15) is 4.79 Å². The third kappa shape index (κ3) is 4.90. The molecular formula is C15H20N2O3. The van der Waals surface area contributed by atoms with Crippen LogP contribution in [-0.4, -0.2) is 42.2 Å². The smallest absolute Gasteiger partial charge is 0.339 e. The summed E-state index contributed by atoms with van der Waals surface area (Å²) in [5.74, 6) is -0.642. The summed E-state index contributed by atoms with van der Waals surface area (Å²) in [6.07, 6.45) is 0. The molecule has 20 heavy (non-hydrogen) atoms. The molecule has 1 aromatic rings. The molecule has 0 aromatic heterocycles. The highest BCUT2D eigenvalue weighted by Gasteiger charge is 2.11. The molecule has 0 radical (unpaired) electrons. The summed E-state index contributed by atoms with van der Waals surface area (Å²) in [5, 5.41) is 17.9. The van der Waals surface area contributed by atoms with Gasteiger partial charge in [-0.2, -0.15) is 5.26 Å². The SMILES string of the molecule is CCN(CCOc1ccccc1C(=O)O)CC(C)C#N. The minimum Gasteiger partial charge on any atom is -0.491 e. The quantitative estimate of drug-likeness (QED) is 0.788. The van der Waals surface area contributed by atoms with E-state index in [-0.39, 0.29) is 11.5 Å². The molecule has 0 aliphatic rings. The molecule has 0 amide bonds. The maximum absolute atomic E-state index is 11.0. The van der Waals surface area contributed by atoms with E-state index in [0.29, 0.717) is 25.4 Å². The summed E-state index contributed by atoms with van der Waals surface area (Å²) in [6, 6.07) is 8.79. The van der Waals surface area contributed by atoms with Gasteiger partial charge in [0.1, 0.15) is 17.9 Å². The van der Waals surface area contributed by atoms with Gasteiger partial charge in [-0.25, -0.2) is 4.79 Å². The van der Waals surface area contributed by atoms with Crippen LogP contribution in [0.4, 0.5) is 0 Å². The predicted molar refractivity (Wildman–Crippen MR) is 75.8 cm³/mol. The molecule has 5 heteroatoms. The highest BCUT2D eigenvalue weighted by Crippen LogP contribution is 2.17. The monoisotopic (exact) mass is 276 g/mol. The van der Waals surface area contributed by atoms with Crippen LogP contribution in [0.5, 0.6) is 5.75 Å². The lowest BCUT2D eigenvalue weighted by Crippen LogP contribution is -2.32. The molecule has 0 spiro atoms. The first-order valence-corrected chi connectivity index (χ1v) is 6.65. The zero-order valence-corrected chi connectivity index (χ0v) is 11.9. The first-order chi connectivity index (χ1) is 9.58. The van der Waals surface area contributed by atoms with Crippen molar-refractivity contribution >= 4 is 5.97 Å². The Morgan fingerprint density at radius 3 is 2.80 bits per heavy atom. The molecular weight excluding hydrogens is 256 g/mol. The number of likely N-dealkylation sites (N-methyl/N-ethyl adjacent to an activating group) is 1. The van der Waals surface area contributed by atoms with E-state index in [0.717, 1.165) is 6.54 Å². The zero-order chi connectivity index (χ0) is 15.0. The van der Waals surface area contributed by atoms with Crippen molar-refractivity contribution in [1.29, 1.82) is 5.26 Å². The minimum absolute atomic E-state index is 0.0266. The molecule has 0 saturated heterocycles. The average Bonchev–Trinajstić information content (AvgIpc) is 2.46. The van der Waals surface area contributed by atoms with Gasteiger partial charge < -0.3 is 9.84 Å². The van der Waals surface area contributed by atoms with Crippen molar-refractivity contribution in [3.8, 4) is 11.8 Å². The molecule has 1 rings (SSSR count). The fourth-order valence-corrected chi connectivity index (χ4v) is 1.86. The third-order valence-corrected chi connectivity index (χ3v) is 2.98.